The molecule has 0 atom stereocenters. The molecular weight excluding hydrogens is 438 g/mol. The Morgan fingerprint density at radius 1 is 0.667 bits per heavy atom. The molecule has 0 saturated carbocycles. The van der Waals surface area contributed by atoms with Gasteiger partial charge in [0.2, 0.25) is 0 Å². The largest absolute Gasteiger partial charge is 1.00 e. The molecule has 0 heterocycles. The summed E-state index contributed by atoms with van der Waals surface area (Å²) in [6.45, 7) is 0. The summed E-state index contributed by atoms with van der Waals surface area (Å²) < 4.78 is 0. The van der Waals surface area contributed by atoms with Crippen LogP contribution in [0.25, 0.3) is 0 Å². The third kappa shape index (κ3) is 22.7. The first kappa shape index (κ1) is 23.2. The van der Waals surface area contributed by atoms with E-state index in [1.165, 1.54) is 0 Å². The molecule has 0 aromatic rings. The van der Waals surface area contributed by atoms with Gasteiger partial charge in [0.05, 0.1) is 0 Å². The smallest absolute Gasteiger partial charge is 0.550 e. The fourth-order valence-electron chi connectivity index (χ4n) is 1.07. The maximum Gasteiger partial charge on any atom is 1.00 e. The van der Waals surface area contributed by atoms with Crippen LogP contribution in [0.1, 0.15) is 44.9 Å². The van der Waals surface area contributed by atoms with Gasteiger partial charge in [-0.2, -0.15) is 0 Å². The van der Waals surface area contributed by atoms with Crippen LogP contribution in [0.4, 0.5) is 0 Å². The number of aliphatic carboxylic acids is 2. The molecule has 0 aromatic heterocycles. The minimum absolute atomic E-state index is 0. The average Bonchev–Trinajstić information content (AvgIpc) is 2.01. The summed E-state index contributed by atoms with van der Waals surface area (Å²) in [5.41, 5.74) is 0. The van der Waals surface area contributed by atoms with Gasteiger partial charge in [0.25, 0.3) is 0 Å². The second-order valence-electron chi connectivity index (χ2n) is 3.01. The quantitative estimate of drug-likeness (QED) is 0.344. The predicted octanol–water partition coefficient (Wildman–Crippen LogP) is -6.78. The van der Waals surface area contributed by atoms with Crippen LogP contribution in [-0.2, 0) is 9.59 Å². The molecule has 15 heavy (non-hydrogen) atoms. The minimum atomic E-state index is -1.02. The third-order valence-electron chi connectivity index (χ3n) is 1.76. The Morgan fingerprint density at radius 3 is 1.20 bits per heavy atom. The van der Waals surface area contributed by atoms with Gasteiger partial charge < -0.3 is 19.8 Å². The van der Waals surface area contributed by atoms with Gasteiger partial charge in [-0.1, -0.05) is 19.3 Å². The monoisotopic (exact) mass is 452 g/mol. The molecule has 0 aliphatic carbocycles. The van der Waals surface area contributed by atoms with E-state index in [9.17, 15) is 19.8 Å². The minimum Gasteiger partial charge on any atom is -0.550 e. The van der Waals surface area contributed by atoms with E-state index in [0.717, 1.165) is 19.3 Å². The molecule has 0 amide bonds. The zero-order chi connectivity index (χ0) is 10.1. The standard InChI is InChI=1S/C9H16O4.2Cs/c10-8(11)6-4-2-1-3-5-7-9(12)13;;/h1-7H2,(H,10,11)(H,12,13);;/q;2*+1/p-2. The SMILES string of the molecule is O=C([O-])CCCCCCCC(=O)[O-].[Cs+].[Cs+]. The topological polar surface area (TPSA) is 80.3 Å². The Morgan fingerprint density at radius 2 is 0.933 bits per heavy atom. The van der Waals surface area contributed by atoms with Gasteiger partial charge in [0.15, 0.2) is 0 Å². The van der Waals surface area contributed by atoms with Crippen molar-refractivity contribution < 1.29 is 158 Å². The van der Waals surface area contributed by atoms with E-state index in [1.54, 1.807) is 0 Å². The van der Waals surface area contributed by atoms with Crippen molar-refractivity contribution in [3.05, 3.63) is 0 Å². The Labute approximate surface area is 208 Å². The van der Waals surface area contributed by atoms with E-state index in [1.807, 2.05) is 0 Å². The van der Waals surface area contributed by atoms with Gasteiger partial charge in [0, 0.05) is 11.9 Å². The maximum absolute atomic E-state index is 9.98. The summed E-state index contributed by atoms with van der Waals surface area (Å²) in [7, 11) is 0. The van der Waals surface area contributed by atoms with Crippen molar-refractivity contribution in [2.24, 2.45) is 0 Å². The van der Waals surface area contributed by atoms with Crippen molar-refractivity contribution in [2.75, 3.05) is 0 Å². The number of carbonyl (C=O) groups is 2. The van der Waals surface area contributed by atoms with E-state index in [4.69, 9.17) is 0 Å². The molecule has 0 unspecified atom stereocenters. The van der Waals surface area contributed by atoms with E-state index < -0.39 is 11.9 Å². The van der Waals surface area contributed by atoms with Crippen LogP contribution in [0.3, 0.4) is 0 Å². The molecular formula is C9H14Cs2O4. The van der Waals surface area contributed by atoms with Gasteiger partial charge in [-0.15, -0.1) is 0 Å². The number of carboxylic acids is 2. The predicted molar refractivity (Wildman–Crippen MR) is 42.3 cm³/mol. The molecule has 0 aliphatic rings. The first-order valence-corrected chi connectivity index (χ1v) is 4.52. The van der Waals surface area contributed by atoms with Crippen LogP contribution >= 0.6 is 0 Å². The normalized spacial score (nSPS) is 8.53. The molecule has 0 spiro atoms. The molecule has 4 nitrogen and oxygen atoms in total. The number of hydrogen-bond acceptors (Lipinski definition) is 4. The number of carboxylic acid groups (broad SMARTS) is 2. The Kier molecular flexibility index (Phi) is 26.3. The molecule has 6 heteroatoms. The van der Waals surface area contributed by atoms with Crippen LogP contribution in [0.15, 0.2) is 0 Å². The van der Waals surface area contributed by atoms with Crippen LogP contribution in [-0.4, -0.2) is 11.9 Å². The number of carbonyl (C=O) groups excluding carboxylic acids is 2. The molecule has 0 rings (SSSR count). The molecule has 0 saturated heterocycles. The van der Waals surface area contributed by atoms with Crippen molar-refractivity contribution in [1.82, 2.24) is 0 Å². The zero-order valence-corrected chi connectivity index (χ0v) is 22.1. The van der Waals surface area contributed by atoms with Crippen LogP contribution in [0.2, 0.25) is 0 Å². The van der Waals surface area contributed by atoms with Crippen LogP contribution < -0.4 is 148 Å². The number of unbranched alkanes of at least 4 members (excludes halogenated alkanes) is 4. The van der Waals surface area contributed by atoms with E-state index in [-0.39, 0.29) is 151 Å². The van der Waals surface area contributed by atoms with Crippen molar-refractivity contribution in [1.29, 1.82) is 0 Å². The summed E-state index contributed by atoms with van der Waals surface area (Å²) in [6, 6.07) is 0. The second-order valence-corrected chi connectivity index (χ2v) is 3.01. The first-order valence-electron chi connectivity index (χ1n) is 4.52. The Bertz CT molecular complexity index is 155. The average molecular weight is 452 g/mol. The summed E-state index contributed by atoms with van der Waals surface area (Å²) in [5.74, 6) is -2.04. The van der Waals surface area contributed by atoms with Crippen molar-refractivity contribution in [3.8, 4) is 0 Å². The third-order valence-corrected chi connectivity index (χ3v) is 1.76. The van der Waals surface area contributed by atoms with Gasteiger partial charge in [-0.3, -0.25) is 0 Å². The molecule has 0 radical (unpaired) electrons. The van der Waals surface area contributed by atoms with Gasteiger partial charge in [-0.25, -0.2) is 0 Å². The van der Waals surface area contributed by atoms with E-state index in [2.05, 4.69) is 0 Å². The molecule has 0 fully saturated rings. The molecule has 0 aliphatic heterocycles. The number of rotatable bonds is 8. The Balaban J connectivity index is -0.000000720. The van der Waals surface area contributed by atoms with Gasteiger partial charge in [0.1, 0.15) is 0 Å². The summed E-state index contributed by atoms with van der Waals surface area (Å²) in [6.07, 6.45) is 3.95. The van der Waals surface area contributed by atoms with Crippen LogP contribution in [0.5, 0.6) is 0 Å². The van der Waals surface area contributed by atoms with Crippen LogP contribution in [0, 0.1) is 0 Å². The summed E-state index contributed by atoms with van der Waals surface area (Å²) in [5, 5.41) is 20.0. The van der Waals surface area contributed by atoms with E-state index >= 15 is 0 Å². The summed E-state index contributed by atoms with van der Waals surface area (Å²) >= 11 is 0. The maximum atomic E-state index is 9.98. The fourth-order valence-corrected chi connectivity index (χ4v) is 1.07. The van der Waals surface area contributed by atoms with Crippen molar-refractivity contribution in [3.63, 3.8) is 0 Å². The zero-order valence-electron chi connectivity index (χ0n) is 9.58. The summed E-state index contributed by atoms with van der Waals surface area (Å²) in [4.78, 5) is 20.0. The van der Waals surface area contributed by atoms with E-state index in [0.29, 0.717) is 12.8 Å². The molecule has 76 valence electrons. The molecule has 0 bridgehead atoms. The Hall–Kier alpha value is 3.04. The number of hydrogen-bond donors (Lipinski definition) is 0. The van der Waals surface area contributed by atoms with Gasteiger partial charge >= 0.3 is 138 Å². The first-order chi connectivity index (χ1) is 6.13. The molecule has 0 aromatic carbocycles. The second kappa shape index (κ2) is 17.0. The van der Waals surface area contributed by atoms with Crippen molar-refractivity contribution >= 4 is 11.9 Å². The van der Waals surface area contributed by atoms with Gasteiger partial charge in [-0.05, 0) is 25.7 Å². The fraction of sp³-hybridized carbons (Fsp3) is 0.778. The molecule has 0 N–H and O–H groups in total. The van der Waals surface area contributed by atoms with Crippen molar-refractivity contribution in [2.45, 2.75) is 44.9 Å².